The first kappa shape index (κ1) is 18.5. The molecule has 0 heterocycles. The highest BCUT2D eigenvalue weighted by atomic mass is 35.5. The normalized spacial score (nSPS) is 10.7. The lowest BCUT2D eigenvalue weighted by Crippen LogP contribution is -2.43. The average molecular weight is 381 g/mol. The Morgan fingerprint density at radius 3 is 2.48 bits per heavy atom. The summed E-state index contributed by atoms with van der Waals surface area (Å²) in [4.78, 5) is 23.6. The molecule has 136 valence electrons. The van der Waals surface area contributed by atoms with E-state index in [9.17, 15) is 9.59 Å². The first-order valence-electron chi connectivity index (χ1n) is 8.25. The van der Waals surface area contributed by atoms with Crippen LogP contribution in [0.3, 0.4) is 0 Å². The standard InChI is InChI=1S/C21H17ClN2O3/c22-17-9-11-18(12-10-17)27-14-21(26)24-23-20(25)13-8-16-6-3-5-15-4-1-2-7-19(15)16/h1-13H,14H2,(H,23,25)(H,24,26). The van der Waals surface area contributed by atoms with E-state index < -0.39 is 11.8 Å². The van der Waals surface area contributed by atoms with Crippen LogP contribution in [0, 0.1) is 0 Å². The van der Waals surface area contributed by atoms with E-state index in [-0.39, 0.29) is 6.61 Å². The summed E-state index contributed by atoms with van der Waals surface area (Å²) < 4.78 is 5.29. The van der Waals surface area contributed by atoms with Gasteiger partial charge in [-0.2, -0.15) is 0 Å². The van der Waals surface area contributed by atoms with Crippen LogP contribution in [0.15, 0.2) is 72.8 Å². The number of benzene rings is 3. The van der Waals surface area contributed by atoms with Crippen molar-refractivity contribution < 1.29 is 14.3 Å². The minimum Gasteiger partial charge on any atom is -0.484 e. The summed E-state index contributed by atoms with van der Waals surface area (Å²) in [6.45, 7) is -0.227. The van der Waals surface area contributed by atoms with Gasteiger partial charge in [0.2, 0.25) is 0 Å². The quantitative estimate of drug-likeness (QED) is 0.523. The minimum atomic E-state index is -0.475. The van der Waals surface area contributed by atoms with Crippen LogP contribution in [-0.2, 0) is 9.59 Å². The molecule has 0 saturated heterocycles. The molecule has 27 heavy (non-hydrogen) atoms. The van der Waals surface area contributed by atoms with E-state index in [0.29, 0.717) is 10.8 Å². The third-order valence-electron chi connectivity index (χ3n) is 3.75. The summed E-state index contributed by atoms with van der Waals surface area (Å²) in [5, 5.41) is 2.72. The topological polar surface area (TPSA) is 67.4 Å². The molecule has 0 aliphatic rings. The summed E-state index contributed by atoms with van der Waals surface area (Å²) in [6, 6.07) is 20.4. The van der Waals surface area contributed by atoms with Crippen molar-refractivity contribution in [3.8, 4) is 5.75 Å². The maximum Gasteiger partial charge on any atom is 0.276 e. The number of fused-ring (bicyclic) bond motifs is 1. The van der Waals surface area contributed by atoms with Crippen LogP contribution in [0.1, 0.15) is 5.56 Å². The van der Waals surface area contributed by atoms with E-state index in [2.05, 4.69) is 10.9 Å². The number of carbonyl (C=O) groups is 2. The maximum atomic E-state index is 11.9. The van der Waals surface area contributed by atoms with Crippen molar-refractivity contribution in [2.24, 2.45) is 0 Å². The molecule has 0 bridgehead atoms. The van der Waals surface area contributed by atoms with E-state index in [4.69, 9.17) is 16.3 Å². The van der Waals surface area contributed by atoms with Crippen LogP contribution < -0.4 is 15.6 Å². The lowest BCUT2D eigenvalue weighted by Gasteiger charge is -2.07. The monoisotopic (exact) mass is 380 g/mol. The highest BCUT2D eigenvalue weighted by Crippen LogP contribution is 2.19. The van der Waals surface area contributed by atoms with E-state index in [1.54, 1.807) is 30.3 Å². The van der Waals surface area contributed by atoms with Crippen molar-refractivity contribution in [1.29, 1.82) is 0 Å². The Morgan fingerprint density at radius 2 is 1.67 bits per heavy atom. The number of ether oxygens (including phenoxy) is 1. The Hall–Kier alpha value is -3.31. The lowest BCUT2D eigenvalue weighted by molar-refractivity contribution is -0.128. The third-order valence-corrected chi connectivity index (χ3v) is 4.00. The fraction of sp³-hybridized carbons (Fsp3) is 0.0476. The van der Waals surface area contributed by atoms with Gasteiger partial charge in [-0.15, -0.1) is 0 Å². The van der Waals surface area contributed by atoms with E-state index in [1.165, 1.54) is 6.08 Å². The Bertz CT molecular complexity index is 979. The first-order valence-corrected chi connectivity index (χ1v) is 8.62. The van der Waals surface area contributed by atoms with E-state index >= 15 is 0 Å². The summed E-state index contributed by atoms with van der Waals surface area (Å²) in [5.41, 5.74) is 5.53. The van der Waals surface area contributed by atoms with Crippen molar-refractivity contribution in [2.45, 2.75) is 0 Å². The highest BCUT2D eigenvalue weighted by Gasteiger charge is 2.04. The zero-order valence-corrected chi connectivity index (χ0v) is 15.1. The largest absolute Gasteiger partial charge is 0.484 e. The van der Waals surface area contributed by atoms with Crippen molar-refractivity contribution in [3.63, 3.8) is 0 Å². The van der Waals surface area contributed by atoms with Crippen molar-refractivity contribution in [2.75, 3.05) is 6.61 Å². The summed E-state index contributed by atoms with van der Waals surface area (Å²) in [5.74, 6) is -0.406. The Balaban J connectivity index is 1.49. The molecule has 6 heteroatoms. The molecule has 0 saturated carbocycles. The maximum absolute atomic E-state index is 11.9. The van der Waals surface area contributed by atoms with Crippen LogP contribution >= 0.6 is 11.6 Å². The molecule has 3 aromatic rings. The number of hydrogen-bond acceptors (Lipinski definition) is 3. The Morgan fingerprint density at radius 1 is 0.926 bits per heavy atom. The molecule has 0 aliphatic carbocycles. The van der Waals surface area contributed by atoms with Gasteiger partial charge < -0.3 is 4.74 Å². The number of halogens is 1. The van der Waals surface area contributed by atoms with Gasteiger partial charge >= 0.3 is 0 Å². The second-order valence-electron chi connectivity index (χ2n) is 5.68. The number of hydrogen-bond donors (Lipinski definition) is 2. The Labute approximate surface area is 161 Å². The molecule has 2 amide bonds. The van der Waals surface area contributed by atoms with Gasteiger partial charge in [0.15, 0.2) is 6.61 Å². The number of nitrogens with one attached hydrogen (secondary N) is 2. The lowest BCUT2D eigenvalue weighted by atomic mass is 10.0. The molecule has 0 atom stereocenters. The average Bonchev–Trinajstić information content (AvgIpc) is 2.70. The van der Waals surface area contributed by atoms with Crippen LogP contribution in [0.25, 0.3) is 16.8 Å². The van der Waals surface area contributed by atoms with Crippen LogP contribution in [0.4, 0.5) is 0 Å². The van der Waals surface area contributed by atoms with E-state index in [1.807, 2.05) is 42.5 Å². The molecule has 0 radical (unpaired) electrons. The van der Waals surface area contributed by atoms with Gasteiger partial charge in [-0.05, 0) is 46.7 Å². The molecule has 5 nitrogen and oxygen atoms in total. The fourth-order valence-electron chi connectivity index (χ4n) is 2.45. The van der Waals surface area contributed by atoms with Crippen LogP contribution in [-0.4, -0.2) is 18.4 Å². The number of hydrazine groups is 1. The zero-order chi connectivity index (χ0) is 19.1. The SMILES string of the molecule is O=C(C=Cc1cccc2ccccc12)NNC(=O)COc1ccc(Cl)cc1. The second kappa shape index (κ2) is 8.87. The molecule has 3 rings (SSSR count). The summed E-state index contributed by atoms with van der Waals surface area (Å²) in [6.07, 6.45) is 3.07. The molecule has 3 aromatic carbocycles. The molecular weight excluding hydrogens is 364 g/mol. The fourth-order valence-corrected chi connectivity index (χ4v) is 2.58. The molecular formula is C21H17ClN2O3. The number of rotatable bonds is 5. The van der Waals surface area contributed by atoms with Gasteiger partial charge in [0.05, 0.1) is 0 Å². The summed E-state index contributed by atoms with van der Waals surface area (Å²) >= 11 is 5.78. The Kier molecular flexibility index (Phi) is 6.07. The molecule has 0 fully saturated rings. The number of carbonyl (C=O) groups excluding carboxylic acids is 2. The molecule has 2 N–H and O–H groups in total. The van der Waals surface area contributed by atoms with Gasteiger partial charge in [0, 0.05) is 11.1 Å². The first-order chi connectivity index (χ1) is 13.1. The van der Waals surface area contributed by atoms with Crippen molar-refractivity contribution in [1.82, 2.24) is 10.9 Å². The third kappa shape index (κ3) is 5.33. The predicted octanol–water partition coefficient (Wildman–Crippen LogP) is 3.73. The second-order valence-corrected chi connectivity index (χ2v) is 6.12. The smallest absolute Gasteiger partial charge is 0.276 e. The zero-order valence-electron chi connectivity index (χ0n) is 14.3. The predicted molar refractivity (Wildman–Crippen MR) is 106 cm³/mol. The van der Waals surface area contributed by atoms with Crippen LogP contribution in [0.5, 0.6) is 5.75 Å². The highest BCUT2D eigenvalue weighted by molar-refractivity contribution is 6.30. The van der Waals surface area contributed by atoms with Gasteiger partial charge in [-0.25, -0.2) is 0 Å². The van der Waals surface area contributed by atoms with Crippen molar-refractivity contribution in [3.05, 3.63) is 83.4 Å². The molecule has 0 unspecified atom stereocenters. The summed E-state index contributed by atoms with van der Waals surface area (Å²) in [7, 11) is 0. The van der Waals surface area contributed by atoms with Crippen LogP contribution in [0.2, 0.25) is 5.02 Å². The van der Waals surface area contributed by atoms with Gasteiger partial charge in [0.1, 0.15) is 5.75 Å². The molecule has 0 aliphatic heterocycles. The van der Waals surface area contributed by atoms with E-state index in [0.717, 1.165) is 16.3 Å². The van der Waals surface area contributed by atoms with Gasteiger partial charge in [0.25, 0.3) is 11.8 Å². The number of amides is 2. The van der Waals surface area contributed by atoms with Gasteiger partial charge in [-0.3, -0.25) is 20.4 Å². The van der Waals surface area contributed by atoms with Crippen molar-refractivity contribution >= 4 is 40.3 Å². The molecule has 0 aromatic heterocycles. The minimum absolute atomic E-state index is 0.227. The molecule has 0 spiro atoms. The van der Waals surface area contributed by atoms with Gasteiger partial charge in [-0.1, -0.05) is 54.1 Å².